The van der Waals surface area contributed by atoms with Crippen molar-refractivity contribution in [2.75, 3.05) is 19.4 Å². The molecule has 134 valence electrons. The summed E-state index contributed by atoms with van der Waals surface area (Å²) in [6.45, 7) is 3.83. The molecule has 0 heterocycles. The van der Waals surface area contributed by atoms with E-state index >= 15 is 0 Å². The second kappa shape index (κ2) is 8.03. The minimum Gasteiger partial charge on any atom is -0.325 e. The third-order valence-electron chi connectivity index (χ3n) is 3.58. The second-order valence-corrected chi connectivity index (χ2v) is 9.44. The number of hydrogen-bond donors (Lipinski definition) is 1. The smallest absolute Gasteiger partial charge is 0.242 e. The molecule has 0 saturated carbocycles. The topological polar surface area (TPSA) is 66.5 Å². The summed E-state index contributed by atoms with van der Waals surface area (Å²) in [6, 6.07) is 14.2. The van der Waals surface area contributed by atoms with E-state index in [1.165, 1.54) is 43.6 Å². The molecular weight excluding hydrogens is 356 g/mol. The Morgan fingerprint density at radius 3 is 2.36 bits per heavy atom. The molecular formula is C18H22N2O3S2. The minimum absolute atomic E-state index is 0.147. The molecule has 7 heteroatoms. The Morgan fingerprint density at radius 2 is 1.76 bits per heavy atom. The Kier molecular flexibility index (Phi) is 6.26. The van der Waals surface area contributed by atoms with Crippen LogP contribution in [0.5, 0.6) is 0 Å². The van der Waals surface area contributed by atoms with Crippen LogP contribution in [0.2, 0.25) is 0 Å². The molecule has 2 rings (SSSR count). The number of aryl methyl sites for hydroxylation is 1. The van der Waals surface area contributed by atoms with Gasteiger partial charge in [-0.2, -0.15) is 0 Å². The minimum atomic E-state index is -3.53. The van der Waals surface area contributed by atoms with Gasteiger partial charge in [-0.15, -0.1) is 11.8 Å². The largest absolute Gasteiger partial charge is 0.325 e. The summed E-state index contributed by atoms with van der Waals surface area (Å²) in [5.41, 5.74) is 1.63. The van der Waals surface area contributed by atoms with Crippen molar-refractivity contribution in [1.29, 1.82) is 0 Å². The van der Waals surface area contributed by atoms with Crippen LogP contribution in [0, 0.1) is 6.92 Å². The Hall–Kier alpha value is -1.83. The van der Waals surface area contributed by atoms with Gasteiger partial charge in [0.05, 0.1) is 10.1 Å². The van der Waals surface area contributed by atoms with Gasteiger partial charge >= 0.3 is 0 Å². The highest BCUT2D eigenvalue weighted by Gasteiger charge is 2.19. The standard InChI is InChI=1S/C18H22N2O3S2/c1-13-8-10-16(11-9-13)24-14(2)18(21)19-15-6-5-7-17(12-15)25(22,23)20(3)4/h5-12,14H,1-4H3,(H,19,21). The maximum Gasteiger partial charge on any atom is 0.242 e. The molecule has 0 saturated heterocycles. The van der Waals surface area contributed by atoms with Gasteiger partial charge in [0.1, 0.15) is 0 Å². The van der Waals surface area contributed by atoms with Crippen LogP contribution >= 0.6 is 11.8 Å². The van der Waals surface area contributed by atoms with E-state index in [1.54, 1.807) is 12.1 Å². The summed E-state index contributed by atoms with van der Waals surface area (Å²) >= 11 is 1.46. The summed E-state index contributed by atoms with van der Waals surface area (Å²) < 4.78 is 25.5. The molecule has 0 radical (unpaired) electrons. The number of sulfonamides is 1. The molecule has 1 N–H and O–H groups in total. The fraction of sp³-hybridized carbons (Fsp3) is 0.278. The average Bonchev–Trinajstić information content (AvgIpc) is 2.57. The molecule has 5 nitrogen and oxygen atoms in total. The van der Waals surface area contributed by atoms with Gasteiger partial charge in [-0.05, 0) is 44.2 Å². The normalized spacial score (nSPS) is 12.8. The molecule has 0 aromatic heterocycles. The van der Waals surface area contributed by atoms with Gasteiger partial charge in [-0.3, -0.25) is 4.79 Å². The van der Waals surface area contributed by atoms with Crippen molar-refractivity contribution < 1.29 is 13.2 Å². The molecule has 2 aromatic carbocycles. The summed E-state index contributed by atoms with van der Waals surface area (Å²) in [5, 5.41) is 2.47. The second-order valence-electron chi connectivity index (χ2n) is 5.88. The van der Waals surface area contributed by atoms with Gasteiger partial charge in [0.2, 0.25) is 15.9 Å². The molecule has 25 heavy (non-hydrogen) atoms. The quantitative estimate of drug-likeness (QED) is 0.783. The molecule has 0 spiro atoms. The molecule has 1 amide bonds. The molecule has 1 unspecified atom stereocenters. The van der Waals surface area contributed by atoms with Crippen LogP contribution in [-0.4, -0.2) is 38.0 Å². The lowest BCUT2D eigenvalue weighted by molar-refractivity contribution is -0.115. The van der Waals surface area contributed by atoms with E-state index in [4.69, 9.17) is 0 Å². The summed E-state index contributed by atoms with van der Waals surface area (Å²) in [6.07, 6.45) is 0. The van der Waals surface area contributed by atoms with Crippen LogP contribution in [0.25, 0.3) is 0 Å². The predicted octanol–water partition coefficient (Wildman–Crippen LogP) is 3.36. The molecule has 0 fully saturated rings. The van der Waals surface area contributed by atoms with Crippen molar-refractivity contribution in [3.63, 3.8) is 0 Å². The first-order valence-corrected chi connectivity index (χ1v) is 10.1. The van der Waals surface area contributed by atoms with Gasteiger partial charge in [0, 0.05) is 24.7 Å². The first kappa shape index (κ1) is 19.5. The number of carbonyl (C=O) groups is 1. The van der Waals surface area contributed by atoms with Crippen molar-refractivity contribution >= 4 is 33.4 Å². The van der Waals surface area contributed by atoms with E-state index in [9.17, 15) is 13.2 Å². The Labute approximate surface area is 153 Å². The molecule has 1 atom stereocenters. The van der Waals surface area contributed by atoms with Gasteiger partial charge in [0.25, 0.3) is 0 Å². The highest BCUT2D eigenvalue weighted by atomic mass is 32.2. The third kappa shape index (κ3) is 5.07. The van der Waals surface area contributed by atoms with Crippen molar-refractivity contribution in [2.45, 2.75) is 28.9 Å². The number of amides is 1. The SMILES string of the molecule is Cc1ccc(SC(C)C(=O)Nc2cccc(S(=O)(=O)N(C)C)c2)cc1. The number of hydrogen-bond acceptors (Lipinski definition) is 4. The van der Waals surface area contributed by atoms with Crippen LogP contribution in [0.4, 0.5) is 5.69 Å². The van der Waals surface area contributed by atoms with Crippen molar-refractivity contribution in [1.82, 2.24) is 4.31 Å². The zero-order chi connectivity index (χ0) is 18.6. The fourth-order valence-electron chi connectivity index (χ4n) is 2.06. The highest BCUT2D eigenvalue weighted by Crippen LogP contribution is 2.25. The zero-order valence-electron chi connectivity index (χ0n) is 14.7. The van der Waals surface area contributed by atoms with E-state index in [2.05, 4.69) is 5.32 Å². The van der Waals surface area contributed by atoms with Gasteiger partial charge in [0.15, 0.2) is 0 Å². The lowest BCUT2D eigenvalue weighted by atomic mass is 10.2. The maximum atomic E-state index is 12.4. The van der Waals surface area contributed by atoms with E-state index in [0.717, 1.165) is 9.20 Å². The zero-order valence-corrected chi connectivity index (χ0v) is 16.3. The summed E-state index contributed by atoms with van der Waals surface area (Å²) in [7, 11) is -0.585. The molecule has 0 aliphatic heterocycles. The lowest BCUT2D eigenvalue weighted by Crippen LogP contribution is -2.24. The number of carbonyl (C=O) groups excluding carboxylic acids is 1. The van der Waals surface area contributed by atoms with Gasteiger partial charge in [-0.1, -0.05) is 23.8 Å². The fourth-order valence-corrected chi connectivity index (χ4v) is 3.88. The molecule has 0 aliphatic rings. The van der Waals surface area contributed by atoms with Gasteiger partial charge in [-0.25, -0.2) is 12.7 Å². The van der Waals surface area contributed by atoms with Crippen LogP contribution in [0.15, 0.2) is 58.3 Å². The number of rotatable bonds is 6. The van der Waals surface area contributed by atoms with E-state index in [-0.39, 0.29) is 16.1 Å². The highest BCUT2D eigenvalue weighted by molar-refractivity contribution is 8.00. The monoisotopic (exact) mass is 378 g/mol. The van der Waals surface area contributed by atoms with E-state index in [1.807, 2.05) is 38.1 Å². The molecule has 0 aliphatic carbocycles. The number of thioether (sulfide) groups is 1. The van der Waals surface area contributed by atoms with Crippen LogP contribution < -0.4 is 5.32 Å². The maximum absolute atomic E-state index is 12.4. The van der Waals surface area contributed by atoms with Crippen molar-refractivity contribution in [3.8, 4) is 0 Å². The third-order valence-corrected chi connectivity index (χ3v) is 6.51. The van der Waals surface area contributed by atoms with E-state index < -0.39 is 10.0 Å². The van der Waals surface area contributed by atoms with Gasteiger partial charge < -0.3 is 5.32 Å². The number of nitrogens with zero attached hydrogens (tertiary/aromatic N) is 1. The Morgan fingerprint density at radius 1 is 1.12 bits per heavy atom. The van der Waals surface area contributed by atoms with E-state index in [0.29, 0.717) is 5.69 Å². The number of benzene rings is 2. The number of anilines is 1. The average molecular weight is 379 g/mol. The summed E-state index contributed by atoms with van der Waals surface area (Å²) in [4.78, 5) is 13.5. The van der Waals surface area contributed by atoms with Crippen molar-refractivity contribution in [3.05, 3.63) is 54.1 Å². The lowest BCUT2D eigenvalue weighted by Gasteiger charge is -2.14. The van der Waals surface area contributed by atoms with Crippen molar-refractivity contribution in [2.24, 2.45) is 0 Å². The molecule has 0 bridgehead atoms. The Balaban J connectivity index is 2.08. The predicted molar refractivity (Wildman–Crippen MR) is 102 cm³/mol. The molecule has 2 aromatic rings. The van der Waals surface area contributed by atoms with Crippen LogP contribution in [0.1, 0.15) is 12.5 Å². The first-order valence-electron chi connectivity index (χ1n) is 7.77. The van der Waals surface area contributed by atoms with Crippen LogP contribution in [-0.2, 0) is 14.8 Å². The summed E-state index contributed by atoms with van der Waals surface area (Å²) in [5.74, 6) is -0.176. The first-order chi connectivity index (χ1) is 11.7. The van der Waals surface area contributed by atoms with Crippen LogP contribution in [0.3, 0.4) is 0 Å². The Bertz CT molecular complexity index is 847. The number of nitrogens with one attached hydrogen (secondary N) is 1.